The van der Waals surface area contributed by atoms with Gasteiger partial charge >= 0.3 is 0 Å². The van der Waals surface area contributed by atoms with E-state index in [0.717, 1.165) is 37.8 Å². The lowest BCUT2D eigenvalue weighted by Crippen LogP contribution is -2.36. The molecule has 0 spiro atoms. The van der Waals surface area contributed by atoms with Crippen molar-refractivity contribution in [2.24, 2.45) is 7.05 Å². The van der Waals surface area contributed by atoms with Crippen LogP contribution in [0.4, 0.5) is 5.82 Å². The van der Waals surface area contributed by atoms with E-state index in [-0.39, 0.29) is 7.43 Å². The van der Waals surface area contributed by atoms with Gasteiger partial charge in [-0.05, 0) is 43.4 Å². The Labute approximate surface area is 126 Å². The molecule has 2 aromatic rings. The summed E-state index contributed by atoms with van der Waals surface area (Å²) >= 11 is 0. The van der Waals surface area contributed by atoms with Crippen LogP contribution in [0.1, 0.15) is 31.5 Å². The van der Waals surface area contributed by atoms with E-state index >= 15 is 0 Å². The zero-order chi connectivity index (χ0) is 13.5. The molecule has 1 aliphatic carbocycles. The van der Waals surface area contributed by atoms with Gasteiger partial charge in [-0.15, -0.1) is 0 Å². The summed E-state index contributed by atoms with van der Waals surface area (Å²) in [6.45, 7) is 3.51. The second kappa shape index (κ2) is 5.68. The number of pyridine rings is 1. The highest BCUT2D eigenvalue weighted by Gasteiger charge is 2.20. The summed E-state index contributed by atoms with van der Waals surface area (Å²) in [6, 6.07) is 4.46. The highest BCUT2D eigenvalue weighted by molar-refractivity contribution is 5.84. The molecular formula is C17H25N3O. The number of rotatable bonds is 1. The number of hydrogen-bond donors (Lipinski definition) is 0. The fraction of sp³-hybridized carbons (Fsp3) is 0.588. The summed E-state index contributed by atoms with van der Waals surface area (Å²) in [5.74, 6) is 1.10. The fourth-order valence-electron chi connectivity index (χ4n) is 3.58. The predicted molar refractivity (Wildman–Crippen MR) is 87.1 cm³/mol. The van der Waals surface area contributed by atoms with E-state index in [2.05, 4.69) is 28.6 Å². The van der Waals surface area contributed by atoms with Gasteiger partial charge in [0.25, 0.3) is 0 Å². The Bertz CT molecular complexity index is 641. The van der Waals surface area contributed by atoms with Crippen LogP contribution in [0.2, 0.25) is 0 Å². The second-order valence-corrected chi connectivity index (χ2v) is 5.83. The SMILES string of the molecule is C.Cn1c2c(c3ccc(N4CCOCC4)nc31)CCCC2. The molecule has 21 heavy (non-hydrogen) atoms. The third kappa shape index (κ3) is 2.31. The van der Waals surface area contributed by atoms with Crippen molar-refractivity contribution in [1.29, 1.82) is 0 Å². The number of morpholine rings is 1. The zero-order valence-corrected chi connectivity index (χ0v) is 12.1. The minimum atomic E-state index is 0. The molecule has 4 rings (SSSR count). The molecule has 0 N–H and O–H groups in total. The van der Waals surface area contributed by atoms with Crippen molar-refractivity contribution in [2.75, 3.05) is 31.2 Å². The highest BCUT2D eigenvalue weighted by Crippen LogP contribution is 2.31. The molecule has 4 nitrogen and oxygen atoms in total. The average Bonchev–Trinajstić information content (AvgIpc) is 2.81. The molecule has 2 aliphatic rings. The molecule has 0 aromatic carbocycles. The molecule has 1 saturated heterocycles. The number of anilines is 1. The van der Waals surface area contributed by atoms with Crippen LogP contribution in [0.15, 0.2) is 12.1 Å². The van der Waals surface area contributed by atoms with Crippen molar-refractivity contribution < 1.29 is 4.74 Å². The van der Waals surface area contributed by atoms with E-state index in [1.165, 1.54) is 42.3 Å². The zero-order valence-electron chi connectivity index (χ0n) is 12.1. The van der Waals surface area contributed by atoms with Gasteiger partial charge in [-0.25, -0.2) is 4.98 Å². The van der Waals surface area contributed by atoms with Crippen LogP contribution in [-0.2, 0) is 24.6 Å². The van der Waals surface area contributed by atoms with Gasteiger partial charge in [0.05, 0.1) is 13.2 Å². The molecule has 114 valence electrons. The molecular weight excluding hydrogens is 262 g/mol. The molecule has 0 radical (unpaired) electrons. The van der Waals surface area contributed by atoms with Crippen LogP contribution in [0.25, 0.3) is 11.0 Å². The van der Waals surface area contributed by atoms with Crippen molar-refractivity contribution in [3.8, 4) is 0 Å². The first-order valence-electron chi connectivity index (χ1n) is 7.64. The largest absolute Gasteiger partial charge is 0.378 e. The molecule has 0 atom stereocenters. The van der Waals surface area contributed by atoms with E-state index < -0.39 is 0 Å². The molecule has 2 aromatic heterocycles. The Balaban J connectivity index is 0.00000132. The molecule has 0 bridgehead atoms. The van der Waals surface area contributed by atoms with Crippen LogP contribution in [0, 0.1) is 0 Å². The molecule has 3 heterocycles. The van der Waals surface area contributed by atoms with E-state index in [0.29, 0.717) is 0 Å². The quantitative estimate of drug-likeness (QED) is 0.808. The third-order valence-corrected chi connectivity index (χ3v) is 4.68. The van der Waals surface area contributed by atoms with Crippen molar-refractivity contribution in [3.63, 3.8) is 0 Å². The molecule has 4 heteroatoms. The van der Waals surface area contributed by atoms with Crippen LogP contribution >= 0.6 is 0 Å². The smallest absolute Gasteiger partial charge is 0.142 e. The van der Waals surface area contributed by atoms with Gasteiger partial charge in [-0.1, -0.05) is 7.43 Å². The maximum absolute atomic E-state index is 5.42. The molecule has 1 fully saturated rings. The van der Waals surface area contributed by atoms with Gasteiger partial charge in [0, 0.05) is 31.2 Å². The topological polar surface area (TPSA) is 30.3 Å². The van der Waals surface area contributed by atoms with E-state index in [4.69, 9.17) is 9.72 Å². The van der Waals surface area contributed by atoms with E-state index in [9.17, 15) is 0 Å². The number of aryl methyl sites for hydroxylation is 2. The van der Waals surface area contributed by atoms with Gasteiger partial charge in [0.1, 0.15) is 11.5 Å². The maximum atomic E-state index is 5.42. The number of hydrogen-bond acceptors (Lipinski definition) is 3. The Morgan fingerprint density at radius 1 is 1.10 bits per heavy atom. The number of aromatic nitrogens is 2. The lowest BCUT2D eigenvalue weighted by Gasteiger charge is -2.27. The Hall–Kier alpha value is -1.55. The van der Waals surface area contributed by atoms with Crippen molar-refractivity contribution in [3.05, 3.63) is 23.4 Å². The van der Waals surface area contributed by atoms with E-state index in [1.54, 1.807) is 0 Å². The first-order chi connectivity index (χ1) is 9.84. The second-order valence-electron chi connectivity index (χ2n) is 5.83. The number of nitrogens with zero attached hydrogens (tertiary/aromatic N) is 3. The molecule has 0 saturated carbocycles. The van der Waals surface area contributed by atoms with E-state index in [1.807, 2.05) is 0 Å². The van der Waals surface area contributed by atoms with Gasteiger partial charge in [0.2, 0.25) is 0 Å². The molecule has 0 unspecified atom stereocenters. The highest BCUT2D eigenvalue weighted by atomic mass is 16.5. The maximum Gasteiger partial charge on any atom is 0.142 e. The first kappa shape index (κ1) is 14.4. The van der Waals surface area contributed by atoms with Gasteiger partial charge in [-0.3, -0.25) is 0 Å². The summed E-state index contributed by atoms with van der Waals surface area (Å²) in [5, 5.41) is 1.36. The molecule has 0 amide bonds. The van der Waals surface area contributed by atoms with Crippen LogP contribution in [0.3, 0.4) is 0 Å². The third-order valence-electron chi connectivity index (χ3n) is 4.68. The first-order valence-corrected chi connectivity index (χ1v) is 7.64. The Morgan fingerprint density at radius 2 is 1.86 bits per heavy atom. The number of ether oxygens (including phenoxy) is 1. The summed E-state index contributed by atoms with van der Waals surface area (Å²) in [6.07, 6.45) is 5.05. The van der Waals surface area contributed by atoms with Crippen molar-refractivity contribution in [2.45, 2.75) is 33.1 Å². The number of fused-ring (bicyclic) bond motifs is 3. The van der Waals surface area contributed by atoms with Gasteiger partial charge in [0.15, 0.2) is 0 Å². The summed E-state index contributed by atoms with van der Waals surface area (Å²) in [4.78, 5) is 7.27. The van der Waals surface area contributed by atoms with Crippen LogP contribution < -0.4 is 4.90 Å². The normalized spacial score (nSPS) is 18.4. The monoisotopic (exact) mass is 287 g/mol. The lowest BCUT2D eigenvalue weighted by atomic mass is 9.96. The Morgan fingerprint density at radius 3 is 2.67 bits per heavy atom. The average molecular weight is 287 g/mol. The summed E-state index contributed by atoms with van der Waals surface area (Å²) < 4.78 is 7.74. The standard InChI is InChI=1S/C16H21N3O.CH4/c1-18-14-5-3-2-4-12(14)13-6-7-15(17-16(13)18)19-8-10-20-11-9-19;/h6-7H,2-5,8-11H2,1H3;1H4. The van der Waals surface area contributed by atoms with Crippen LogP contribution in [-0.4, -0.2) is 35.9 Å². The van der Waals surface area contributed by atoms with Crippen LogP contribution in [0.5, 0.6) is 0 Å². The minimum absolute atomic E-state index is 0. The molecule has 1 aliphatic heterocycles. The van der Waals surface area contributed by atoms with Crippen molar-refractivity contribution >= 4 is 16.9 Å². The Kier molecular flexibility index (Phi) is 3.89. The lowest BCUT2D eigenvalue weighted by molar-refractivity contribution is 0.122. The van der Waals surface area contributed by atoms with Gasteiger partial charge < -0.3 is 14.2 Å². The minimum Gasteiger partial charge on any atom is -0.378 e. The summed E-state index contributed by atoms with van der Waals surface area (Å²) in [7, 11) is 2.17. The fourth-order valence-corrected chi connectivity index (χ4v) is 3.58. The summed E-state index contributed by atoms with van der Waals surface area (Å²) in [5.41, 5.74) is 4.19. The van der Waals surface area contributed by atoms with Gasteiger partial charge in [-0.2, -0.15) is 0 Å². The van der Waals surface area contributed by atoms with Crippen molar-refractivity contribution in [1.82, 2.24) is 9.55 Å². The predicted octanol–water partition coefficient (Wildman–Crippen LogP) is 2.92.